The van der Waals surface area contributed by atoms with E-state index in [0.29, 0.717) is 0 Å². The lowest BCUT2D eigenvalue weighted by atomic mass is 9.69. The van der Waals surface area contributed by atoms with Gasteiger partial charge >= 0.3 is 0 Å². The lowest BCUT2D eigenvalue weighted by Gasteiger charge is -2.36. The monoisotopic (exact) mass is 112 g/mol. The Morgan fingerprint density at radius 1 is 1.25 bits per heavy atom. The molecule has 0 saturated heterocycles. The van der Waals surface area contributed by atoms with E-state index in [9.17, 15) is 0 Å². The summed E-state index contributed by atoms with van der Waals surface area (Å²) in [5.74, 6) is 3.00. The molecule has 0 spiro atoms. The van der Waals surface area contributed by atoms with Crippen LogP contribution >= 0.6 is 0 Å². The second-order valence-electron chi connectivity index (χ2n) is 3.46. The Morgan fingerprint density at radius 3 is 1.88 bits per heavy atom. The van der Waals surface area contributed by atoms with E-state index in [1.165, 1.54) is 12.8 Å². The minimum atomic E-state index is 0.929. The summed E-state index contributed by atoms with van der Waals surface area (Å²) in [5, 5.41) is 0. The van der Waals surface area contributed by atoms with Gasteiger partial charge in [0.2, 0.25) is 0 Å². The summed E-state index contributed by atoms with van der Waals surface area (Å²) in [5.41, 5.74) is 0. The number of hydrogen-bond acceptors (Lipinski definition) is 0. The molecule has 0 aromatic carbocycles. The van der Waals surface area contributed by atoms with Gasteiger partial charge in [-0.15, -0.1) is 0 Å². The summed E-state index contributed by atoms with van der Waals surface area (Å²) in [7, 11) is 0. The van der Waals surface area contributed by atoms with Crippen molar-refractivity contribution in [1.29, 1.82) is 0 Å². The average Bonchev–Trinajstić information content (AvgIpc) is 1.61. The Kier molecular flexibility index (Phi) is 1.59. The molecule has 2 atom stereocenters. The molecule has 48 valence electrons. The zero-order valence-electron chi connectivity index (χ0n) is 6.15. The molecule has 1 saturated carbocycles. The highest BCUT2D eigenvalue weighted by Gasteiger charge is 2.28. The van der Waals surface area contributed by atoms with Gasteiger partial charge in [0.25, 0.3) is 0 Å². The SMILES string of the molecule is CC(C)[C@@H]1CC[C@@H]1C. The quantitative estimate of drug-likeness (QED) is 0.489. The molecule has 0 aromatic heterocycles. The van der Waals surface area contributed by atoms with Crippen molar-refractivity contribution in [3.05, 3.63) is 0 Å². The molecule has 8 heavy (non-hydrogen) atoms. The van der Waals surface area contributed by atoms with Crippen molar-refractivity contribution in [3.63, 3.8) is 0 Å². The summed E-state index contributed by atoms with van der Waals surface area (Å²) in [6.45, 7) is 7.04. The first-order chi connectivity index (χ1) is 3.72. The molecule has 0 N–H and O–H groups in total. The van der Waals surface area contributed by atoms with Crippen LogP contribution in [0.2, 0.25) is 0 Å². The molecule has 0 heteroatoms. The van der Waals surface area contributed by atoms with E-state index in [2.05, 4.69) is 20.8 Å². The third-order valence-corrected chi connectivity index (χ3v) is 2.54. The Bertz CT molecular complexity index is 69.4. The fraction of sp³-hybridized carbons (Fsp3) is 1.00. The van der Waals surface area contributed by atoms with Crippen molar-refractivity contribution in [2.24, 2.45) is 17.8 Å². The van der Waals surface area contributed by atoms with Crippen molar-refractivity contribution < 1.29 is 0 Å². The third-order valence-electron chi connectivity index (χ3n) is 2.54. The molecular weight excluding hydrogens is 96.1 g/mol. The van der Waals surface area contributed by atoms with Gasteiger partial charge in [0, 0.05) is 0 Å². The van der Waals surface area contributed by atoms with E-state index in [4.69, 9.17) is 0 Å². The lowest BCUT2D eigenvalue weighted by Crippen LogP contribution is -2.27. The first kappa shape index (κ1) is 6.12. The Hall–Kier alpha value is 0. The van der Waals surface area contributed by atoms with Crippen LogP contribution < -0.4 is 0 Å². The molecule has 0 heterocycles. The summed E-state index contributed by atoms with van der Waals surface area (Å²) >= 11 is 0. The highest BCUT2D eigenvalue weighted by atomic mass is 14.3. The first-order valence-electron chi connectivity index (χ1n) is 3.72. The van der Waals surface area contributed by atoms with Crippen LogP contribution in [0, 0.1) is 17.8 Å². The van der Waals surface area contributed by atoms with E-state index in [0.717, 1.165) is 17.8 Å². The smallest absolute Gasteiger partial charge is 0.0365 e. The minimum absolute atomic E-state index is 0.929. The fourth-order valence-electron chi connectivity index (χ4n) is 1.68. The van der Waals surface area contributed by atoms with Gasteiger partial charge in [-0.1, -0.05) is 27.2 Å². The Labute approximate surface area is 52.3 Å². The van der Waals surface area contributed by atoms with Crippen molar-refractivity contribution in [1.82, 2.24) is 0 Å². The van der Waals surface area contributed by atoms with Gasteiger partial charge in [0.15, 0.2) is 0 Å². The molecule has 1 aliphatic carbocycles. The van der Waals surface area contributed by atoms with Crippen LogP contribution in [0.4, 0.5) is 0 Å². The molecule has 0 nitrogen and oxygen atoms in total. The molecule has 0 amide bonds. The normalized spacial score (nSPS) is 37.5. The van der Waals surface area contributed by atoms with Crippen molar-refractivity contribution in [2.45, 2.75) is 33.6 Å². The predicted molar refractivity (Wildman–Crippen MR) is 36.7 cm³/mol. The van der Waals surface area contributed by atoms with Crippen LogP contribution in [0.5, 0.6) is 0 Å². The molecule has 0 aliphatic heterocycles. The predicted octanol–water partition coefficient (Wildman–Crippen LogP) is 2.69. The summed E-state index contributed by atoms with van der Waals surface area (Å²) in [6.07, 6.45) is 2.96. The summed E-state index contributed by atoms with van der Waals surface area (Å²) in [4.78, 5) is 0. The zero-order valence-corrected chi connectivity index (χ0v) is 6.15. The molecule has 1 fully saturated rings. The van der Waals surface area contributed by atoms with E-state index in [1.807, 2.05) is 0 Å². The lowest BCUT2D eigenvalue weighted by molar-refractivity contribution is 0.139. The maximum Gasteiger partial charge on any atom is -0.0365 e. The van der Waals surface area contributed by atoms with Crippen LogP contribution in [0.3, 0.4) is 0 Å². The second kappa shape index (κ2) is 2.08. The second-order valence-corrected chi connectivity index (χ2v) is 3.46. The van der Waals surface area contributed by atoms with Crippen molar-refractivity contribution >= 4 is 0 Å². The van der Waals surface area contributed by atoms with Crippen molar-refractivity contribution in [3.8, 4) is 0 Å². The van der Waals surface area contributed by atoms with E-state index in [1.54, 1.807) is 0 Å². The minimum Gasteiger partial charge on any atom is -0.0625 e. The maximum absolute atomic E-state index is 2.37. The van der Waals surface area contributed by atoms with Gasteiger partial charge < -0.3 is 0 Å². The van der Waals surface area contributed by atoms with Crippen LogP contribution in [0.15, 0.2) is 0 Å². The van der Waals surface area contributed by atoms with Gasteiger partial charge in [-0.25, -0.2) is 0 Å². The van der Waals surface area contributed by atoms with Gasteiger partial charge in [-0.05, 0) is 24.2 Å². The summed E-state index contributed by atoms with van der Waals surface area (Å²) < 4.78 is 0. The Balaban J connectivity index is 2.26. The first-order valence-corrected chi connectivity index (χ1v) is 3.72. The topological polar surface area (TPSA) is 0 Å². The molecule has 0 aromatic rings. The van der Waals surface area contributed by atoms with Crippen LogP contribution in [-0.4, -0.2) is 0 Å². The molecule has 0 bridgehead atoms. The Morgan fingerprint density at radius 2 is 1.88 bits per heavy atom. The standard InChI is InChI=1S/C8H16/c1-6(2)8-5-4-7(8)3/h6-8H,4-5H2,1-3H3/t7-,8-/m0/s1. The highest BCUT2D eigenvalue weighted by molar-refractivity contribution is 4.78. The van der Waals surface area contributed by atoms with Gasteiger partial charge in [0.05, 0.1) is 0 Å². The van der Waals surface area contributed by atoms with E-state index >= 15 is 0 Å². The highest BCUT2D eigenvalue weighted by Crippen LogP contribution is 2.38. The van der Waals surface area contributed by atoms with Gasteiger partial charge in [-0.3, -0.25) is 0 Å². The molecule has 1 aliphatic rings. The van der Waals surface area contributed by atoms with Crippen LogP contribution in [-0.2, 0) is 0 Å². The number of hydrogen-bond donors (Lipinski definition) is 0. The molecular formula is C8H16. The maximum atomic E-state index is 2.37. The van der Waals surface area contributed by atoms with Crippen molar-refractivity contribution in [2.75, 3.05) is 0 Å². The molecule has 0 radical (unpaired) electrons. The molecule has 0 unspecified atom stereocenters. The van der Waals surface area contributed by atoms with Crippen LogP contribution in [0.25, 0.3) is 0 Å². The van der Waals surface area contributed by atoms with Gasteiger partial charge in [0.1, 0.15) is 0 Å². The van der Waals surface area contributed by atoms with E-state index < -0.39 is 0 Å². The van der Waals surface area contributed by atoms with Gasteiger partial charge in [-0.2, -0.15) is 0 Å². The number of rotatable bonds is 1. The fourth-order valence-corrected chi connectivity index (χ4v) is 1.68. The zero-order chi connectivity index (χ0) is 6.15. The average molecular weight is 112 g/mol. The van der Waals surface area contributed by atoms with E-state index in [-0.39, 0.29) is 0 Å². The molecule has 1 rings (SSSR count). The third kappa shape index (κ3) is 0.888. The summed E-state index contributed by atoms with van der Waals surface area (Å²) in [6, 6.07) is 0. The largest absolute Gasteiger partial charge is 0.0625 e. The van der Waals surface area contributed by atoms with Crippen LogP contribution in [0.1, 0.15) is 33.6 Å².